The molecule has 0 aromatic heterocycles. The van der Waals surface area contributed by atoms with Crippen LogP contribution in [-0.4, -0.2) is 312 Å². The van der Waals surface area contributed by atoms with Crippen LogP contribution in [-0.2, 0) is 99.8 Å². The smallest absolute Gasteiger partial charge is 0.338 e. The average Bonchev–Trinajstić information content (AvgIpc) is 1.66. The number of aliphatic hydroxyl groups is 16. The van der Waals surface area contributed by atoms with Gasteiger partial charge in [-0.1, -0.05) is 32.1 Å². The first-order chi connectivity index (χ1) is 49.1. The second-order valence-electron chi connectivity index (χ2n) is 26.8. The van der Waals surface area contributed by atoms with Gasteiger partial charge in [-0.25, -0.2) is 19.2 Å². The van der Waals surface area contributed by atoms with E-state index in [2.05, 4.69) is 13.2 Å². The molecule has 0 aromatic carbocycles. The van der Waals surface area contributed by atoms with Gasteiger partial charge < -0.3 is 157 Å². The molecule has 0 spiro atoms. The quantitative estimate of drug-likeness (QED) is 0.0185. The van der Waals surface area contributed by atoms with E-state index >= 15 is 14.4 Å². The first-order valence-corrected chi connectivity index (χ1v) is 33.4. The zero-order valence-corrected chi connectivity index (χ0v) is 56.0. The number of carbonyl (C=O) groups excluding carboxylic acids is 5. The van der Waals surface area contributed by atoms with Crippen molar-refractivity contribution in [3.8, 4) is 0 Å². The molecule has 8 heterocycles. The lowest BCUT2D eigenvalue weighted by Gasteiger charge is -2.43. The number of methoxy groups -OCH3 is 2. The molecule has 16 N–H and O–H groups in total. The van der Waals surface area contributed by atoms with Gasteiger partial charge in [-0.15, -0.1) is 13.2 Å². The van der Waals surface area contributed by atoms with E-state index in [9.17, 15) is 91.3 Å². The van der Waals surface area contributed by atoms with Gasteiger partial charge in [0.1, 0.15) is 110 Å². The number of hydrogen-bond acceptors (Lipinski definition) is 37. The van der Waals surface area contributed by atoms with Gasteiger partial charge in [-0.05, 0) is 25.3 Å². The highest BCUT2D eigenvalue weighted by Crippen LogP contribution is 2.52. The van der Waals surface area contributed by atoms with E-state index in [1.165, 1.54) is 12.2 Å². The van der Waals surface area contributed by atoms with E-state index in [-0.39, 0.29) is 36.0 Å². The normalized spacial score (nSPS) is 45.2. The van der Waals surface area contributed by atoms with E-state index in [4.69, 9.17) is 75.8 Å². The Labute approximate surface area is 587 Å². The Hall–Kier alpha value is -6.03. The minimum absolute atomic E-state index is 0.00975. The van der Waals surface area contributed by atoms with Gasteiger partial charge in [0.15, 0.2) is 30.9 Å². The molecular weight excluding hydrogens is 1380 g/mol. The molecule has 576 valence electrons. The maximum atomic E-state index is 15.3. The fourth-order valence-electron chi connectivity index (χ4n) is 15.1. The molecular formula is C66H90O37. The predicted molar refractivity (Wildman–Crippen MR) is 330 cm³/mol. The monoisotopic (exact) mass is 1470 g/mol. The van der Waals surface area contributed by atoms with E-state index < -0.39 is 281 Å². The molecule has 2 saturated carbocycles. The van der Waals surface area contributed by atoms with Gasteiger partial charge >= 0.3 is 23.9 Å². The van der Waals surface area contributed by atoms with Crippen molar-refractivity contribution in [2.24, 2.45) is 59.2 Å². The summed E-state index contributed by atoms with van der Waals surface area (Å²) < 4.78 is 92.8. The summed E-state index contributed by atoms with van der Waals surface area (Å²) >= 11 is 0. The number of rotatable bonds is 24. The summed E-state index contributed by atoms with van der Waals surface area (Å²) in [5, 5.41) is 168. The Morgan fingerprint density at radius 2 is 0.748 bits per heavy atom. The highest BCUT2D eigenvalue weighted by atomic mass is 16.8. The van der Waals surface area contributed by atoms with Gasteiger partial charge in [0.25, 0.3) is 0 Å². The molecule has 36 atom stereocenters. The molecule has 103 heavy (non-hydrogen) atoms. The third-order valence-corrected chi connectivity index (χ3v) is 21.1. The van der Waals surface area contributed by atoms with Crippen LogP contribution in [0.3, 0.4) is 0 Å². The summed E-state index contributed by atoms with van der Waals surface area (Å²) in [5.41, 5.74) is -0.805. The molecule has 8 aliphatic heterocycles. The van der Waals surface area contributed by atoms with Gasteiger partial charge in [-0.2, -0.15) is 0 Å². The lowest BCUT2D eigenvalue weighted by molar-refractivity contribution is -0.342. The van der Waals surface area contributed by atoms with Crippen molar-refractivity contribution in [1.82, 2.24) is 0 Å². The summed E-state index contributed by atoms with van der Waals surface area (Å²) in [6.07, 6.45) is -35.9. The maximum Gasteiger partial charge on any atom is 0.338 e. The van der Waals surface area contributed by atoms with Crippen molar-refractivity contribution in [3.63, 3.8) is 0 Å². The topological polar surface area (TPSA) is 557 Å². The van der Waals surface area contributed by atoms with Crippen LogP contribution in [0.1, 0.15) is 33.1 Å². The van der Waals surface area contributed by atoms with Crippen LogP contribution in [0.25, 0.3) is 0 Å². The molecule has 0 aromatic rings. The lowest BCUT2D eigenvalue weighted by Crippen LogP contribution is -2.60. The fraction of sp³-hybridized carbons (Fsp3) is 0.712. The van der Waals surface area contributed by atoms with Crippen molar-refractivity contribution in [2.75, 3.05) is 40.6 Å². The maximum absolute atomic E-state index is 15.3. The molecule has 10 aliphatic rings. The fourth-order valence-corrected chi connectivity index (χ4v) is 15.1. The number of hydrogen-bond donors (Lipinski definition) is 16. The van der Waals surface area contributed by atoms with Gasteiger partial charge in [0.05, 0.1) is 99.8 Å². The highest BCUT2D eigenvalue weighted by molar-refractivity contribution is 6.02. The molecule has 6 fully saturated rings. The summed E-state index contributed by atoms with van der Waals surface area (Å²) in [4.78, 5) is 71.9. The van der Waals surface area contributed by atoms with E-state index in [0.717, 1.165) is 51.4 Å². The predicted octanol–water partition coefficient (Wildman–Crippen LogP) is -6.72. The lowest BCUT2D eigenvalue weighted by atomic mass is 9.79. The minimum atomic E-state index is -2.01. The first kappa shape index (κ1) is 79.5. The Morgan fingerprint density at radius 3 is 1.10 bits per heavy atom. The second-order valence-corrected chi connectivity index (χ2v) is 26.8. The zero-order chi connectivity index (χ0) is 74.9. The van der Waals surface area contributed by atoms with Crippen LogP contribution >= 0.6 is 0 Å². The third kappa shape index (κ3) is 15.7. The van der Waals surface area contributed by atoms with Crippen molar-refractivity contribution >= 4 is 29.7 Å². The van der Waals surface area contributed by atoms with E-state index in [1.54, 1.807) is 13.8 Å². The average molecular weight is 1480 g/mol. The number of ketones is 1. The molecule has 37 nitrogen and oxygen atoms in total. The Balaban J connectivity index is 0.946. The largest absolute Gasteiger partial charge is 0.472 e. The van der Waals surface area contributed by atoms with Crippen molar-refractivity contribution in [1.29, 1.82) is 0 Å². The summed E-state index contributed by atoms with van der Waals surface area (Å²) in [5.74, 6) is -15.9. The van der Waals surface area contributed by atoms with Gasteiger partial charge in [0.2, 0.25) is 25.2 Å². The molecule has 0 bridgehead atoms. The zero-order valence-electron chi connectivity index (χ0n) is 56.0. The van der Waals surface area contributed by atoms with Crippen LogP contribution in [0.5, 0.6) is 0 Å². The summed E-state index contributed by atoms with van der Waals surface area (Å²) in [6, 6.07) is 0. The number of aliphatic hydroxyl groups excluding tert-OH is 16. The number of esters is 4. The van der Waals surface area contributed by atoms with Crippen LogP contribution in [0.15, 0.2) is 84.8 Å². The number of fused-ring (bicyclic) bond motifs is 2. The standard InChI is InChI=1S/C66H90O37/c1-7-24-26(29(18-90-59(24)100-63-51(80)47(76)43(72)36(14-67)96-63)57(86)94-34-12-27-30(55(84)88-5)19-92-61(40(27)22(34)3)102-65-53(82)49(78)45(74)38(16-69)98-65)10-9-11-33(71)42-25(8-2)60(101-64-52(81)48(77)44(73)37(15-68)97-64)91-21-32(42)58(87)95-35-13-28-31(56(85)89-6)20-93-62(41(28)23(35)4)103-66-54(83)50(79)46(75)39(17-70)99-66/h7-9,11,18-28,34-54,59-70,72-83H,1-2,10,12-17H2,3-6H3/b11-9+/t22-,23-,24-,25-,26+,27-,28-,34+,35+,36-,37-,38-,39-,40-,41-,42+,43-,44-,45-,46-,47+,48+,49+,50+,51-,52-,53-,54-,59+,60+,61+,62+,63+,64+,65+,66+/m1/s1. The minimum Gasteiger partial charge on any atom is -0.472 e. The third-order valence-electron chi connectivity index (χ3n) is 21.1. The highest BCUT2D eigenvalue weighted by Gasteiger charge is 2.59. The molecule has 0 radical (unpaired) electrons. The van der Waals surface area contributed by atoms with Crippen molar-refractivity contribution < 1.29 is 181 Å². The van der Waals surface area contributed by atoms with E-state index in [0.29, 0.717) is 0 Å². The number of ether oxygens (including phenoxy) is 16. The Bertz CT molecular complexity index is 3170. The summed E-state index contributed by atoms with van der Waals surface area (Å²) in [7, 11) is 2.23. The first-order valence-electron chi connectivity index (χ1n) is 33.4. The molecule has 0 amide bonds. The van der Waals surface area contributed by atoms with Crippen LogP contribution in [0.2, 0.25) is 0 Å². The number of allylic oxidation sites excluding steroid dienone is 2. The van der Waals surface area contributed by atoms with Crippen LogP contribution < -0.4 is 0 Å². The Morgan fingerprint density at radius 1 is 0.427 bits per heavy atom. The molecule has 0 unspecified atom stereocenters. The summed E-state index contributed by atoms with van der Waals surface area (Å²) in [6.45, 7) is 7.74. The molecule has 37 heteroatoms. The SMILES string of the molecule is C=C[C@H]1[C@H](O[C@@H]2O[C@H](CO)[C@@H](O)[C@H](O)[C@H]2O)OC=C(C(=O)O[C@H]2C[C@@H]3C(C(=O)OC)=CO[C@@H](O[C@@H]4O[C@H](CO)[C@@H](O)[C@H](O)[C@H]4O)[C@@H]3[C@@H]2C)[C@H]1C(=O)/C=C/C[C@@H]1C(C(=O)O[C@H]2C[C@@H]3C(C(=O)OC)=CO[C@@H](O[C@@H]4O[C@H](CO)[C@@H](O)[C@H](O)[C@H]4O)[C@@H]3[C@@H]2C)=CO[C@@H](O[C@@H]2O[C@H](CO)[C@@H](O)[C@H](O)[C@H]2O)[C@@H]1C=C. The second kappa shape index (κ2) is 33.8. The van der Waals surface area contributed by atoms with Crippen LogP contribution in [0, 0.1) is 59.2 Å². The molecule has 2 aliphatic carbocycles. The Kier molecular flexibility index (Phi) is 26.1. The van der Waals surface area contributed by atoms with Gasteiger partial charge in [0, 0.05) is 47.3 Å². The van der Waals surface area contributed by atoms with Crippen LogP contribution in [0.4, 0.5) is 0 Å². The van der Waals surface area contributed by atoms with E-state index in [1.807, 2.05) is 0 Å². The van der Waals surface area contributed by atoms with Crippen molar-refractivity contribution in [3.05, 3.63) is 84.8 Å². The van der Waals surface area contributed by atoms with Crippen molar-refractivity contribution in [2.45, 2.75) is 193 Å². The molecule has 10 rings (SSSR count). The van der Waals surface area contributed by atoms with Gasteiger partial charge in [-0.3, -0.25) is 4.79 Å². The number of carbonyl (C=O) groups is 5. The molecule has 4 saturated heterocycles.